The van der Waals surface area contributed by atoms with Crippen LogP contribution in [0.3, 0.4) is 0 Å². The van der Waals surface area contributed by atoms with Crippen molar-refractivity contribution in [2.24, 2.45) is 0 Å². The molecule has 5 nitrogen and oxygen atoms in total. The molecular formula is C18H22N2O3. The number of benzene rings is 1. The lowest BCUT2D eigenvalue weighted by Gasteiger charge is -2.12. The molecule has 1 amide bonds. The summed E-state index contributed by atoms with van der Waals surface area (Å²) in [5.41, 5.74) is 2.46. The van der Waals surface area contributed by atoms with Gasteiger partial charge in [-0.1, -0.05) is 18.2 Å². The molecule has 0 bridgehead atoms. The molecule has 1 aromatic carbocycles. The largest absolute Gasteiger partial charge is 0.376 e. The van der Waals surface area contributed by atoms with Crippen molar-refractivity contribution >= 4 is 22.6 Å². The van der Waals surface area contributed by atoms with E-state index in [9.17, 15) is 9.59 Å². The molecule has 3 rings (SSSR count). The van der Waals surface area contributed by atoms with Gasteiger partial charge in [0, 0.05) is 35.3 Å². The van der Waals surface area contributed by atoms with Crippen LogP contribution in [0.25, 0.3) is 10.9 Å². The molecule has 0 saturated carbocycles. The maximum atomic E-state index is 12.3. The third kappa shape index (κ3) is 3.15. The molecule has 2 heterocycles. The fraction of sp³-hybridized carbons (Fsp3) is 0.444. The van der Waals surface area contributed by atoms with Crippen molar-refractivity contribution in [1.82, 2.24) is 9.88 Å². The minimum Gasteiger partial charge on any atom is -0.376 e. The fourth-order valence-corrected chi connectivity index (χ4v) is 3.31. The summed E-state index contributed by atoms with van der Waals surface area (Å²) < 4.78 is 7.43. The van der Waals surface area contributed by atoms with Gasteiger partial charge in [-0.3, -0.25) is 9.59 Å². The Morgan fingerprint density at radius 2 is 2.13 bits per heavy atom. The molecule has 1 fully saturated rings. The van der Waals surface area contributed by atoms with Gasteiger partial charge >= 0.3 is 0 Å². The van der Waals surface area contributed by atoms with Gasteiger partial charge in [0.15, 0.2) is 5.78 Å². The average molecular weight is 314 g/mol. The van der Waals surface area contributed by atoms with Crippen LogP contribution in [0.4, 0.5) is 0 Å². The molecule has 2 aromatic rings. The van der Waals surface area contributed by atoms with E-state index >= 15 is 0 Å². The van der Waals surface area contributed by atoms with Gasteiger partial charge in [0.05, 0.1) is 6.10 Å². The number of ketones is 1. The van der Waals surface area contributed by atoms with Crippen LogP contribution in [-0.2, 0) is 16.1 Å². The van der Waals surface area contributed by atoms with Gasteiger partial charge in [0.25, 0.3) is 0 Å². The number of Topliss-reactive ketones (excluding diaryl/α,β-unsaturated/α-hetero) is 1. The van der Waals surface area contributed by atoms with Gasteiger partial charge in [-0.05, 0) is 32.8 Å². The highest BCUT2D eigenvalue weighted by molar-refractivity contribution is 6.08. The molecule has 1 aliphatic heterocycles. The summed E-state index contributed by atoms with van der Waals surface area (Å²) in [6.45, 7) is 5.01. The Kier molecular flexibility index (Phi) is 4.48. The summed E-state index contributed by atoms with van der Waals surface area (Å²) in [5.74, 6) is -0.0309. The van der Waals surface area contributed by atoms with Crippen LogP contribution in [0.15, 0.2) is 24.3 Å². The molecule has 122 valence electrons. The standard InChI is InChI=1S/C18H22N2O3/c1-12-18(13(2)21)15-7-3-4-8-16(15)20(12)11-17(22)19-10-14-6-5-9-23-14/h3-4,7-8,14H,5-6,9-11H2,1-2H3,(H,19,22). The molecule has 0 spiro atoms. The second-order valence-corrected chi connectivity index (χ2v) is 6.06. The SMILES string of the molecule is CC(=O)c1c(C)n(CC(=O)NCC2CCCO2)c2ccccc12. The normalized spacial score (nSPS) is 17.6. The molecule has 1 saturated heterocycles. The van der Waals surface area contributed by atoms with E-state index in [1.165, 1.54) is 0 Å². The summed E-state index contributed by atoms with van der Waals surface area (Å²) in [4.78, 5) is 24.2. The quantitative estimate of drug-likeness (QED) is 0.862. The maximum Gasteiger partial charge on any atom is 0.240 e. The Labute approximate surface area is 135 Å². The smallest absolute Gasteiger partial charge is 0.240 e. The Balaban J connectivity index is 1.80. The first kappa shape index (κ1) is 15.7. The predicted octanol–water partition coefficient (Wildman–Crippen LogP) is 2.45. The van der Waals surface area contributed by atoms with Crippen molar-refractivity contribution in [1.29, 1.82) is 0 Å². The number of fused-ring (bicyclic) bond motifs is 1. The van der Waals surface area contributed by atoms with Crippen LogP contribution in [0.2, 0.25) is 0 Å². The molecule has 1 aliphatic rings. The fourth-order valence-electron chi connectivity index (χ4n) is 3.31. The molecule has 0 radical (unpaired) electrons. The summed E-state index contributed by atoms with van der Waals surface area (Å²) in [5, 5.41) is 3.84. The lowest BCUT2D eigenvalue weighted by Crippen LogP contribution is -2.34. The number of para-hydroxylation sites is 1. The Hall–Kier alpha value is -2.14. The van der Waals surface area contributed by atoms with Crippen molar-refractivity contribution in [2.75, 3.05) is 13.2 Å². The van der Waals surface area contributed by atoms with Crippen LogP contribution < -0.4 is 5.32 Å². The number of ether oxygens (including phenoxy) is 1. The summed E-state index contributed by atoms with van der Waals surface area (Å²) >= 11 is 0. The van der Waals surface area contributed by atoms with E-state index in [1.54, 1.807) is 6.92 Å². The van der Waals surface area contributed by atoms with Gasteiger partial charge in [0.2, 0.25) is 5.91 Å². The monoisotopic (exact) mass is 314 g/mol. The van der Waals surface area contributed by atoms with Crippen LogP contribution in [-0.4, -0.2) is 35.5 Å². The van der Waals surface area contributed by atoms with Crippen LogP contribution in [0.1, 0.15) is 35.8 Å². The van der Waals surface area contributed by atoms with E-state index in [4.69, 9.17) is 4.74 Å². The van der Waals surface area contributed by atoms with Crippen molar-refractivity contribution < 1.29 is 14.3 Å². The number of nitrogens with one attached hydrogen (secondary N) is 1. The molecule has 1 atom stereocenters. The van der Waals surface area contributed by atoms with Crippen LogP contribution in [0, 0.1) is 6.92 Å². The number of hydrogen-bond acceptors (Lipinski definition) is 3. The second kappa shape index (κ2) is 6.54. The number of aromatic nitrogens is 1. The first-order valence-corrected chi connectivity index (χ1v) is 8.05. The lowest BCUT2D eigenvalue weighted by atomic mass is 10.1. The van der Waals surface area contributed by atoms with Gasteiger partial charge in [0.1, 0.15) is 6.54 Å². The summed E-state index contributed by atoms with van der Waals surface area (Å²) in [7, 11) is 0. The highest BCUT2D eigenvalue weighted by Gasteiger charge is 2.20. The maximum absolute atomic E-state index is 12.3. The minimum atomic E-state index is -0.0561. The Morgan fingerprint density at radius 3 is 2.83 bits per heavy atom. The molecule has 1 N–H and O–H groups in total. The van der Waals surface area contributed by atoms with Gasteiger partial charge in [-0.25, -0.2) is 0 Å². The number of carbonyl (C=O) groups is 2. The van der Waals surface area contributed by atoms with Crippen LogP contribution in [0.5, 0.6) is 0 Å². The van der Waals surface area contributed by atoms with Gasteiger partial charge < -0.3 is 14.6 Å². The summed E-state index contributed by atoms with van der Waals surface area (Å²) in [6, 6.07) is 7.71. The van der Waals surface area contributed by atoms with Crippen molar-refractivity contribution in [3.05, 3.63) is 35.5 Å². The molecule has 0 aliphatic carbocycles. The van der Waals surface area contributed by atoms with E-state index in [2.05, 4.69) is 5.32 Å². The third-order valence-corrected chi connectivity index (χ3v) is 4.44. The zero-order chi connectivity index (χ0) is 16.4. The number of nitrogens with zero attached hydrogens (tertiary/aromatic N) is 1. The number of rotatable bonds is 5. The van der Waals surface area contributed by atoms with E-state index in [-0.39, 0.29) is 24.3 Å². The van der Waals surface area contributed by atoms with E-state index in [0.717, 1.165) is 36.0 Å². The predicted molar refractivity (Wildman–Crippen MR) is 88.7 cm³/mol. The zero-order valence-corrected chi connectivity index (χ0v) is 13.6. The molecule has 1 unspecified atom stereocenters. The van der Waals surface area contributed by atoms with Crippen molar-refractivity contribution in [3.63, 3.8) is 0 Å². The molecule has 1 aromatic heterocycles. The van der Waals surface area contributed by atoms with E-state index in [1.807, 2.05) is 35.8 Å². The topological polar surface area (TPSA) is 60.3 Å². The van der Waals surface area contributed by atoms with Crippen molar-refractivity contribution in [2.45, 2.75) is 39.3 Å². The van der Waals surface area contributed by atoms with E-state index < -0.39 is 0 Å². The molecular weight excluding hydrogens is 292 g/mol. The lowest BCUT2D eigenvalue weighted by molar-refractivity contribution is -0.122. The van der Waals surface area contributed by atoms with Crippen molar-refractivity contribution in [3.8, 4) is 0 Å². The Bertz CT molecular complexity index is 742. The number of carbonyl (C=O) groups excluding carboxylic acids is 2. The highest BCUT2D eigenvalue weighted by atomic mass is 16.5. The number of hydrogen-bond donors (Lipinski definition) is 1. The number of amides is 1. The highest BCUT2D eigenvalue weighted by Crippen LogP contribution is 2.26. The van der Waals surface area contributed by atoms with Gasteiger partial charge in [-0.15, -0.1) is 0 Å². The minimum absolute atomic E-state index is 0.0252. The second-order valence-electron chi connectivity index (χ2n) is 6.06. The molecule has 23 heavy (non-hydrogen) atoms. The average Bonchev–Trinajstić information content (AvgIpc) is 3.12. The molecule has 5 heteroatoms. The zero-order valence-electron chi connectivity index (χ0n) is 13.6. The Morgan fingerprint density at radius 1 is 1.35 bits per heavy atom. The first-order valence-electron chi connectivity index (χ1n) is 8.05. The summed E-state index contributed by atoms with van der Waals surface area (Å²) in [6.07, 6.45) is 2.19. The van der Waals surface area contributed by atoms with Gasteiger partial charge in [-0.2, -0.15) is 0 Å². The third-order valence-electron chi connectivity index (χ3n) is 4.44. The van der Waals surface area contributed by atoms with E-state index in [0.29, 0.717) is 12.1 Å². The van der Waals surface area contributed by atoms with Crippen LogP contribution >= 0.6 is 0 Å². The first-order chi connectivity index (χ1) is 11.1.